The Morgan fingerprint density at radius 1 is 1.32 bits per heavy atom. The maximum atomic E-state index is 13.6. The van der Waals surface area contributed by atoms with Gasteiger partial charge in [0.15, 0.2) is 0 Å². The zero-order valence-corrected chi connectivity index (χ0v) is 11.4. The number of amides is 1. The van der Waals surface area contributed by atoms with Crippen molar-refractivity contribution in [2.75, 3.05) is 12.4 Å². The van der Waals surface area contributed by atoms with Gasteiger partial charge in [-0.3, -0.25) is 9.59 Å². The summed E-state index contributed by atoms with van der Waals surface area (Å²) in [5, 5.41) is 1.60. The number of thioether (sulfide) groups is 1. The molecule has 0 bridgehead atoms. The fraction of sp³-hybridized carbons (Fsp3) is 0.333. The first-order valence-electron chi connectivity index (χ1n) is 5.36. The summed E-state index contributed by atoms with van der Waals surface area (Å²) in [6.45, 7) is 2.75. The van der Waals surface area contributed by atoms with E-state index in [1.54, 1.807) is 0 Å². The molecule has 1 N–H and O–H groups in total. The Bertz CT molecular complexity index is 508. The fourth-order valence-electron chi connectivity index (χ4n) is 1.31. The van der Waals surface area contributed by atoms with Crippen LogP contribution in [0.25, 0.3) is 0 Å². The largest absolute Gasteiger partial charge is 0.468 e. The number of hydrogen-bond acceptors (Lipinski definition) is 4. The first-order chi connectivity index (χ1) is 8.85. The number of anilines is 1. The van der Waals surface area contributed by atoms with Crippen molar-refractivity contribution in [3.05, 3.63) is 23.8 Å². The lowest BCUT2D eigenvalue weighted by molar-refractivity contribution is -0.139. The summed E-state index contributed by atoms with van der Waals surface area (Å²) in [5.74, 6) is -2.66. The third kappa shape index (κ3) is 4.20. The topological polar surface area (TPSA) is 55.4 Å². The summed E-state index contributed by atoms with van der Waals surface area (Å²) in [4.78, 5) is 22.2. The Morgan fingerprint density at radius 3 is 2.47 bits per heavy atom. The molecule has 1 unspecified atom stereocenters. The molecular weight excluding hydrogens is 276 g/mol. The van der Waals surface area contributed by atoms with Crippen molar-refractivity contribution < 1.29 is 23.1 Å². The molecule has 0 fully saturated rings. The highest BCUT2D eigenvalue weighted by atomic mass is 32.2. The van der Waals surface area contributed by atoms with E-state index in [1.807, 2.05) is 0 Å². The summed E-state index contributed by atoms with van der Waals surface area (Å²) >= 11 is 0.885. The van der Waals surface area contributed by atoms with Crippen LogP contribution in [0.3, 0.4) is 0 Å². The van der Waals surface area contributed by atoms with Crippen molar-refractivity contribution in [3.8, 4) is 0 Å². The van der Waals surface area contributed by atoms with Crippen LogP contribution in [0.1, 0.15) is 13.8 Å². The lowest BCUT2D eigenvalue weighted by Gasteiger charge is -2.11. The molecule has 4 nitrogen and oxygen atoms in total. The van der Waals surface area contributed by atoms with Crippen molar-refractivity contribution in [2.45, 2.75) is 24.0 Å². The minimum atomic E-state index is -0.872. The van der Waals surface area contributed by atoms with Gasteiger partial charge in [0.25, 0.3) is 0 Å². The number of carbonyl (C=O) groups excluding carboxylic acids is 2. The zero-order chi connectivity index (χ0) is 14.6. The lowest BCUT2D eigenvalue weighted by Crippen LogP contribution is -2.15. The summed E-state index contributed by atoms with van der Waals surface area (Å²) in [6.07, 6.45) is 0. The number of halogens is 2. The van der Waals surface area contributed by atoms with E-state index in [4.69, 9.17) is 0 Å². The highest BCUT2D eigenvalue weighted by Gasteiger charge is 2.19. The van der Waals surface area contributed by atoms with Gasteiger partial charge >= 0.3 is 5.97 Å². The van der Waals surface area contributed by atoms with E-state index in [2.05, 4.69) is 10.1 Å². The molecule has 1 aromatic rings. The van der Waals surface area contributed by atoms with E-state index < -0.39 is 28.8 Å². The van der Waals surface area contributed by atoms with Crippen LogP contribution in [-0.4, -0.2) is 24.2 Å². The molecule has 0 aliphatic heterocycles. The van der Waals surface area contributed by atoms with Crippen LogP contribution < -0.4 is 5.32 Å². The van der Waals surface area contributed by atoms with Gasteiger partial charge in [0.2, 0.25) is 5.91 Å². The maximum Gasteiger partial charge on any atom is 0.318 e. The third-order valence-corrected chi connectivity index (χ3v) is 3.28. The monoisotopic (exact) mass is 289 g/mol. The molecule has 0 aromatic heterocycles. The summed E-state index contributed by atoms with van der Waals surface area (Å²) in [5.41, 5.74) is -0.131. The number of nitrogens with one attached hydrogen (secondary N) is 1. The second kappa shape index (κ2) is 6.51. The molecule has 0 aliphatic carbocycles. The first-order valence-corrected chi connectivity index (χ1v) is 6.24. The van der Waals surface area contributed by atoms with E-state index in [9.17, 15) is 18.4 Å². The fourth-order valence-corrected chi connectivity index (χ4v) is 2.24. The Morgan fingerprint density at radius 2 is 1.95 bits per heavy atom. The van der Waals surface area contributed by atoms with E-state index in [0.29, 0.717) is 6.07 Å². The number of rotatable bonds is 4. The van der Waals surface area contributed by atoms with Crippen LogP contribution in [0.4, 0.5) is 14.5 Å². The molecule has 104 valence electrons. The number of hydrogen-bond donors (Lipinski definition) is 1. The van der Waals surface area contributed by atoms with E-state index >= 15 is 0 Å². The number of esters is 1. The predicted molar refractivity (Wildman–Crippen MR) is 68.0 cm³/mol. The van der Waals surface area contributed by atoms with Gasteiger partial charge in [0.05, 0.1) is 12.8 Å². The van der Waals surface area contributed by atoms with Crippen LogP contribution in [-0.2, 0) is 14.3 Å². The summed E-state index contributed by atoms with van der Waals surface area (Å²) in [7, 11) is 1.23. The van der Waals surface area contributed by atoms with Gasteiger partial charge < -0.3 is 10.1 Å². The van der Waals surface area contributed by atoms with Gasteiger partial charge in [0.1, 0.15) is 16.9 Å². The SMILES string of the molecule is COC(=O)C(C)Sc1cc(NC(C)=O)c(F)cc1F. The maximum absolute atomic E-state index is 13.6. The predicted octanol–water partition coefficient (Wildman–Crippen LogP) is 2.58. The van der Waals surface area contributed by atoms with E-state index in [1.165, 1.54) is 21.0 Å². The molecule has 0 spiro atoms. The van der Waals surface area contributed by atoms with Gasteiger partial charge in [-0.05, 0) is 13.0 Å². The molecule has 0 radical (unpaired) electrons. The number of benzene rings is 1. The van der Waals surface area contributed by atoms with Gasteiger partial charge in [0, 0.05) is 17.9 Å². The van der Waals surface area contributed by atoms with Crippen molar-refractivity contribution in [1.29, 1.82) is 0 Å². The second-order valence-electron chi connectivity index (χ2n) is 3.73. The quantitative estimate of drug-likeness (QED) is 0.683. The standard InChI is InChI=1S/C12H13F2NO3S/c1-6(12(17)18-3)19-11-5-10(15-7(2)16)8(13)4-9(11)14/h4-6H,1-3H3,(H,15,16). The summed E-state index contributed by atoms with van der Waals surface area (Å²) < 4.78 is 31.5. The number of ether oxygens (including phenoxy) is 1. The van der Waals surface area contributed by atoms with Crippen molar-refractivity contribution in [2.24, 2.45) is 0 Å². The van der Waals surface area contributed by atoms with Crippen LogP contribution in [0, 0.1) is 11.6 Å². The zero-order valence-electron chi connectivity index (χ0n) is 10.6. The average molecular weight is 289 g/mol. The minimum absolute atomic E-state index is 0.0584. The Labute approximate surface area is 113 Å². The minimum Gasteiger partial charge on any atom is -0.468 e. The van der Waals surface area contributed by atoms with Gasteiger partial charge in [-0.15, -0.1) is 11.8 Å². The van der Waals surface area contributed by atoms with Crippen LogP contribution in [0.5, 0.6) is 0 Å². The van der Waals surface area contributed by atoms with E-state index in [0.717, 1.165) is 17.8 Å². The first kappa shape index (κ1) is 15.4. The molecule has 0 saturated carbocycles. The lowest BCUT2D eigenvalue weighted by atomic mass is 10.3. The molecule has 1 rings (SSSR count). The molecule has 0 heterocycles. The van der Waals surface area contributed by atoms with Gasteiger partial charge in [-0.25, -0.2) is 8.78 Å². The van der Waals surface area contributed by atoms with Crippen molar-refractivity contribution >= 4 is 29.3 Å². The molecule has 1 atom stereocenters. The molecule has 19 heavy (non-hydrogen) atoms. The van der Waals surface area contributed by atoms with Crippen LogP contribution in [0.2, 0.25) is 0 Å². The average Bonchev–Trinajstić information content (AvgIpc) is 2.33. The smallest absolute Gasteiger partial charge is 0.318 e. The van der Waals surface area contributed by atoms with Crippen LogP contribution in [0.15, 0.2) is 17.0 Å². The Kier molecular flexibility index (Phi) is 5.29. The molecule has 7 heteroatoms. The van der Waals surface area contributed by atoms with E-state index in [-0.39, 0.29) is 10.6 Å². The molecule has 0 aliphatic rings. The molecule has 0 saturated heterocycles. The Balaban J connectivity index is 3.00. The number of carbonyl (C=O) groups is 2. The third-order valence-electron chi connectivity index (χ3n) is 2.17. The van der Waals surface area contributed by atoms with Crippen molar-refractivity contribution in [1.82, 2.24) is 0 Å². The summed E-state index contributed by atoms with van der Waals surface area (Å²) in [6, 6.07) is 1.81. The van der Waals surface area contributed by atoms with Crippen LogP contribution >= 0.6 is 11.8 Å². The highest BCUT2D eigenvalue weighted by Crippen LogP contribution is 2.30. The molecule has 1 amide bonds. The van der Waals surface area contributed by atoms with Gasteiger partial charge in [-0.2, -0.15) is 0 Å². The molecule has 1 aromatic carbocycles. The number of methoxy groups -OCH3 is 1. The van der Waals surface area contributed by atoms with Gasteiger partial charge in [-0.1, -0.05) is 0 Å². The normalized spacial score (nSPS) is 11.8. The molecular formula is C12H13F2NO3S. The Hall–Kier alpha value is -1.63. The van der Waals surface area contributed by atoms with Crippen molar-refractivity contribution in [3.63, 3.8) is 0 Å². The highest BCUT2D eigenvalue weighted by molar-refractivity contribution is 8.00. The second-order valence-corrected chi connectivity index (χ2v) is 5.11.